The molecular formula is C12H21NO3. The van der Waals surface area contributed by atoms with E-state index in [0.717, 1.165) is 45.1 Å². The Morgan fingerprint density at radius 1 is 1.38 bits per heavy atom. The molecule has 0 aromatic heterocycles. The van der Waals surface area contributed by atoms with E-state index in [1.54, 1.807) is 0 Å². The zero-order chi connectivity index (χ0) is 11.4. The summed E-state index contributed by atoms with van der Waals surface area (Å²) in [5, 5.41) is 0. The lowest BCUT2D eigenvalue weighted by atomic mass is 9.95. The van der Waals surface area contributed by atoms with Gasteiger partial charge in [-0.05, 0) is 25.7 Å². The summed E-state index contributed by atoms with van der Waals surface area (Å²) < 4.78 is 10.6. The molecule has 0 aromatic rings. The van der Waals surface area contributed by atoms with E-state index in [2.05, 4.69) is 0 Å². The summed E-state index contributed by atoms with van der Waals surface area (Å²) in [5.41, 5.74) is 5.81. The second-order valence-corrected chi connectivity index (χ2v) is 5.06. The van der Waals surface area contributed by atoms with Crippen molar-refractivity contribution in [2.75, 3.05) is 13.2 Å². The molecule has 0 spiro atoms. The molecule has 4 heteroatoms. The molecule has 2 N–H and O–H groups in total. The quantitative estimate of drug-likeness (QED) is 0.737. The fourth-order valence-electron chi connectivity index (χ4n) is 2.56. The van der Waals surface area contributed by atoms with Crippen molar-refractivity contribution < 1.29 is 14.3 Å². The molecule has 1 saturated carbocycles. The number of carbonyl (C=O) groups is 1. The highest BCUT2D eigenvalue weighted by atomic mass is 16.6. The molecule has 0 amide bonds. The van der Waals surface area contributed by atoms with Crippen LogP contribution >= 0.6 is 0 Å². The van der Waals surface area contributed by atoms with Crippen molar-refractivity contribution in [2.24, 2.45) is 5.73 Å². The predicted octanol–water partition coefficient (Wildman–Crippen LogP) is 1.37. The van der Waals surface area contributed by atoms with Gasteiger partial charge in [-0.15, -0.1) is 0 Å². The lowest BCUT2D eigenvalue weighted by Crippen LogP contribution is -2.39. The summed E-state index contributed by atoms with van der Waals surface area (Å²) >= 11 is 0. The standard InChI is InChI=1S/C12H21NO3/c13-12(5-1-2-6-12)8-11(14)16-9-10-4-3-7-15-10/h10H,1-9,13H2. The molecule has 1 unspecified atom stereocenters. The van der Waals surface area contributed by atoms with E-state index < -0.39 is 0 Å². The summed E-state index contributed by atoms with van der Waals surface area (Å²) in [6, 6.07) is 0. The maximum Gasteiger partial charge on any atom is 0.307 e. The molecular weight excluding hydrogens is 206 g/mol. The van der Waals surface area contributed by atoms with E-state index in [0.29, 0.717) is 13.0 Å². The van der Waals surface area contributed by atoms with Crippen LogP contribution in [0.1, 0.15) is 44.9 Å². The van der Waals surface area contributed by atoms with Gasteiger partial charge in [0.05, 0.1) is 12.5 Å². The molecule has 16 heavy (non-hydrogen) atoms. The van der Waals surface area contributed by atoms with E-state index >= 15 is 0 Å². The van der Waals surface area contributed by atoms with Crippen molar-refractivity contribution in [3.63, 3.8) is 0 Å². The fourth-order valence-corrected chi connectivity index (χ4v) is 2.56. The first-order valence-electron chi connectivity index (χ1n) is 6.24. The highest BCUT2D eigenvalue weighted by Crippen LogP contribution is 2.30. The summed E-state index contributed by atoms with van der Waals surface area (Å²) in [5.74, 6) is -0.167. The molecule has 1 atom stereocenters. The predicted molar refractivity (Wildman–Crippen MR) is 59.9 cm³/mol. The Balaban J connectivity index is 1.67. The van der Waals surface area contributed by atoms with Gasteiger partial charge < -0.3 is 15.2 Å². The van der Waals surface area contributed by atoms with Gasteiger partial charge in [0.2, 0.25) is 0 Å². The zero-order valence-corrected chi connectivity index (χ0v) is 9.74. The summed E-state index contributed by atoms with van der Waals surface area (Å²) in [7, 11) is 0. The van der Waals surface area contributed by atoms with Gasteiger partial charge in [-0.2, -0.15) is 0 Å². The van der Waals surface area contributed by atoms with Crippen LogP contribution < -0.4 is 5.73 Å². The number of hydrogen-bond acceptors (Lipinski definition) is 4. The van der Waals surface area contributed by atoms with E-state index in [4.69, 9.17) is 15.2 Å². The smallest absolute Gasteiger partial charge is 0.307 e. The Morgan fingerprint density at radius 2 is 2.12 bits per heavy atom. The monoisotopic (exact) mass is 227 g/mol. The van der Waals surface area contributed by atoms with Crippen LogP contribution in [0.5, 0.6) is 0 Å². The summed E-state index contributed by atoms with van der Waals surface area (Å²) in [6.45, 7) is 1.19. The van der Waals surface area contributed by atoms with Crippen molar-refractivity contribution >= 4 is 5.97 Å². The maximum absolute atomic E-state index is 11.6. The Kier molecular flexibility index (Phi) is 3.82. The summed E-state index contributed by atoms with van der Waals surface area (Å²) in [6.07, 6.45) is 6.71. The van der Waals surface area contributed by atoms with Gasteiger partial charge in [0.1, 0.15) is 6.61 Å². The molecule has 4 nitrogen and oxygen atoms in total. The summed E-state index contributed by atoms with van der Waals surface area (Å²) in [4.78, 5) is 11.6. The van der Waals surface area contributed by atoms with Gasteiger partial charge in [0, 0.05) is 12.1 Å². The number of esters is 1. The molecule has 1 heterocycles. The highest BCUT2D eigenvalue weighted by Gasteiger charge is 2.32. The second-order valence-electron chi connectivity index (χ2n) is 5.06. The van der Waals surface area contributed by atoms with E-state index in [-0.39, 0.29) is 17.6 Å². The number of hydrogen-bond donors (Lipinski definition) is 1. The van der Waals surface area contributed by atoms with Crippen LogP contribution in [0.25, 0.3) is 0 Å². The normalized spacial score (nSPS) is 28.2. The Labute approximate surface area is 96.5 Å². The molecule has 2 rings (SSSR count). The third-order valence-corrected chi connectivity index (χ3v) is 3.55. The van der Waals surface area contributed by atoms with Crippen LogP contribution in [0.3, 0.4) is 0 Å². The first-order valence-corrected chi connectivity index (χ1v) is 6.24. The van der Waals surface area contributed by atoms with E-state index in [1.165, 1.54) is 0 Å². The fraction of sp³-hybridized carbons (Fsp3) is 0.917. The minimum Gasteiger partial charge on any atom is -0.463 e. The van der Waals surface area contributed by atoms with Crippen molar-refractivity contribution in [3.05, 3.63) is 0 Å². The Bertz CT molecular complexity index is 243. The minimum atomic E-state index is -0.298. The number of ether oxygens (including phenoxy) is 2. The van der Waals surface area contributed by atoms with Gasteiger partial charge in [-0.1, -0.05) is 12.8 Å². The molecule has 92 valence electrons. The molecule has 1 aliphatic heterocycles. The van der Waals surface area contributed by atoms with Crippen LogP contribution in [0.4, 0.5) is 0 Å². The number of carbonyl (C=O) groups excluding carboxylic acids is 1. The van der Waals surface area contributed by atoms with Crippen LogP contribution in [0, 0.1) is 0 Å². The first kappa shape index (κ1) is 11.9. The average Bonchev–Trinajstić information content (AvgIpc) is 2.86. The minimum absolute atomic E-state index is 0.112. The topological polar surface area (TPSA) is 61.6 Å². The van der Waals surface area contributed by atoms with Gasteiger partial charge >= 0.3 is 5.97 Å². The van der Waals surface area contributed by atoms with Crippen molar-refractivity contribution in [2.45, 2.75) is 56.6 Å². The average molecular weight is 227 g/mol. The zero-order valence-electron chi connectivity index (χ0n) is 9.74. The van der Waals surface area contributed by atoms with Crippen LogP contribution in [-0.2, 0) is 14.3 Å². The lowest BCUT2D eigenvalue weighted by Gasteiger charge is -2.22. The first-order chi connectivity index (χ1) is 7.68. The Hall–Kier alpha value is -0.610. The van der Waals surface area contributed by atoms with Gasteiger partial charge in [-0.3, -0.25) is 4.79 Å². The third-order valence-electron chi connectivity index (χ3n) is 3.55. The Morgan fingerprint density at radius 3 is 2.75 bits per heavy atom. The number of rotatable bonds is 4. The molecule has 0 aromatic carbocycles. The van der Waals surface area contributed by atoms with Gasteiger partial charge in [0.15, 0.2) is 0 Å². The molecule has 2 fully saturated rings. The van der Waals surface area contributed by atoms with Gasteiger partial charge in [-0.25, -0.2) is 0 Å². The molecule has 2 aliphatic rings. The lowest BCUT2D eigenvalue weighted by molar-refractivity contribution is -0.148. The van der Waals surface area contributed by atoms with Crippen molar-refractivity contribution in [3.8, 4) is 0 Å². The SMILES string of the molecule is NC1(CC(=O)OCC2CCCO2)CCCC1. The molecule has 0 radical (unpaired) electrons. The van der Waals surface area contributed by atoms with Crippen LogP contribution in [0.2, 0.25) is 0 Å². The molecule has 0 bridgehead atoms. The largest absolute Gasteiger partial charge is 0.463 e. The van der Waals surface area contributed by atoms with Crippen LogP contribution in [0.15, 0.2) is 0 Å². The molecule has 1 saturated heterocycles. The van der Waals surface area contributed by atoms with Crippen molar-refractivity contribution in [1.82, 2.24) is 0 Å². The maximum atomic E-state index is 11.6. The third kappa shape index (κ3) is 3.19. The van der Waals surface area contributed by atoms with Crippen molar-refractivity contribution in [1.29, 1.82) is 0 Å². The van der Waals surface area contributed by atoms with Gasteiger partial charge in [0.25, 0.3) is 0 Å². The van der Waals surface area contributed by atoms with Crippen LogP contribution in [-0.4, -0.2) is 30.8 Å². The van der Waals surface area contributed by atoms with E-state index in [9.17, 15) is 4.79 Å². The highest BCUT2D eigenvalue weighted by molar-refractivity contribution is 5.71. The second kappa shape index (κ2) is 5.15. The number of nitrogens with two attached hydrogens (primary N) is 1. The van der Waals surface area contributed by atoms with E-state index in [1.807, 2.05) is 0 Å². The molecule has 1 aliphatic carbocycles.